The molecular weight excluding hydrogens is 162 g/mol. The second-order valence-corrected chi connectivity index (χ2v) is 3.12. The fourth-order valence-corrected chi connectivity index (χ4v) is 1.59. The Hall–Kier alpha value is -1.57. The molecule has 66 valence electrons. The van der Waals surface area contributed by atoms with E-state index in [9.17, 15) is 4.79 Å². The number of hydrogen-bond donors (Lipinski definition) is 1. The zero-order valence-electron chi connectivity index (χ0n) is 7.50. The monoisotopic (exact) mass is 173 g/mol. The highest BCUT2D eigenvalue weighted by molar-refractivity contribution is 6.00. The van der Waals surface area contributed by atoms with Gasteiger partial charge in [-0.1, -0.05) is 24.3 Å². The van der Waals surface area contributed by atoms with Gasteiger partial charge >= 0.3 is 0 Å². The first kappa shape index (κ1) is 8.05. The summed E-state index contributed by atoms with van der Waals surface area (Å²) in [6.07, 6.45) is 2.71. The Morgan fingerprint density at radius 1 is 1.38 bits per heavy atom. The van der Waals surface area contributed by atoms with Crippen LogP contribution in [0, 0.1) is 0 Å². The first-order valence-corrected chi connectivity index (χ1v) is 4.32. The molecule has 2 nitrogen and oxygen atoms in total. The van der Waals surface area contributed by atoms with Crippen LogP contribution >= 0.6 is 0 Å². The summed E-state index contributed by atoms with van der Waals surface area (Å²) in [6, 6.07) is 8.08. The molecule has 2 rings (SSSR count). The Bertz CT molecular complexity index is 379. The number of amides is 1. The van der Waals surface area contributed by atoms with Gasteiger partial charge in [0.25, 0.3) is 0 Å². The fourth-order valence-electron chi connectivity index (χ4n) is 1.59. The lowest BCUT2D eigenvalue weighted by molar-refractivity contribution is -0.117. The van der Waals surface area contributed by atoms with Crippen molar-refractivity contribution in [1.82, 2.24) is 5.32 Å². The number of likely N-dealkylation sites (N-methyl/N-ethyl adjacent to an activating group) is 1. The number of nitrogens with one attached hydrogen (secondary N) is 1. The minimum absolute atomic E-state index is 0.0243. The summed E-state index contributed by atoms with van der Waals surface area (Å²) in [7, 11) is 1.66. The molecule has 1 N–H and O–H groups in total. The molecule has 1 aromatic rings. The van der Waals surface area contributed by atoms with Crippen LogP contribution in [0.2, 0.25) is 0 Å². The van der Waals surface area contributed by atoms with E-state index in [1.165, 1.54) is 11.1 Å². The van der Waals surface area contributed by atoms with Crippen LogP contribution in [0.3, 0.4) is 0 Å². The molecule has 1 amide bonds. The molecule has 0 bridgehead atoms. The molecule has 0 fully saturated rings. The number of carbonyl (C=O) groups is 1. The van der Waals surface area contributed by atoms with E-state index in [0.717, 1.165) is 12.0 Å². The van der Waals surface area contributed by atoms with Gasteiger partial charge in [0.1, 0.15) is 0 Å². The predicted molar refractivity (Wildman–Crippen MR) is 52.2 cm³/mol. The third-order valence-electron chi connectivity index (χ3n) is 2.28. The number of carbonyl (C=O) groups excluding carboxylic acids is 1. The maximum absolute atomic E-state index is 11.3. The molecule has 0 atom stereocenters. The first-order valence-electron chi connectivity index (χ1n) is 4.32. The predicted octanol–water partition coefficient (Wildman–Crippen LogP) is 1.37. The summed E-state index contributed by atoms with van der Waals surface area (Å²) in [6.45, 7) is 0. The van der Waals surface area contributed by atoms with Gasteiger partial charge in [0.15, 0.2) is 0 Å². The van der Waals surface area contributed by atoms with Gasteiger partial charge in [-0.05, 0) is 17.2 Å². The van der Waals surface area contributed by atoms with Crippen molar-refractivity contribution >= 4 is 12.0 Å². The summed E-state index contributed by atoms with van der Waals surface area (Å²) in [5.74, 6) is 0.0243. The number of rotatable bonds is 1. The third kappa shape index (κ3) is 1.35. The highest BCUT2D eigenvalue weighted by atomic mass is 16.1. The van der Waals surface area contributed by atoms with Crippen molar-refractivity contribution in [3.63, 3.8) is 0 Å². The largest absolute Gasteiger partial charge is 0.355 e. The maximum atomic E-state index is 11.3. The van der Waals surface area contributed by atoms with Crippen molar-refractivity contribution in [3.05, 3.63) is 41.0 Å². The minimum Gasteiger partial charge on any atom is -0.355 e. The van der Waals surface area contributed by atoms with Crippen molar-refractivity contribution in [1.29, 1.82) is 0 Å². The Morgan fingerprint density at radius 3 is 2.85 bits per heavy atom. The van der Waals surface area contributed by atoms with Gasteiger partial charge in [-0.25, -0.2) is 0 Å². The summed E-state index contributed by atoms with van der Waals surface area (Å²) in [4.78, 5) is 11.3. The van der Waals surface area contributed by atoms with Crippen LogP contribution in [0.15, 0.2) is 29.8 Å². The number of benzene rings is 1. The van der Waals surface area contributed by atoms with Gasteiger partial charge in [-0.2, -0.15) is 0 Å². The molecule has 1 aliphatic carbocycles. The zero-order valence-corrected chi connectivity index (χ0v) is 7.50. The van der Waals surface area contributed by atoms with E-state index in [1.807, 2.05) is 24.3 Å². The zero-order chi connectivity index (χ0) is 9.26. The normalized spacial score (nSPS) is 13.5. The van der Waals surface area contributed by atoms with Gasteiger partial charge in [-0.3, -0.25) is 4.79 Å². The van der Waals surface area contributed by atoms with E-state index < -0.39 is 0 Å². The van der Waals surface area contributed by atoms with Crippen LogP contribution in [0.4, 0.5) is 0 Å². The average Bonchev–Trinajstić information content (AvgIpc) is 2.59. The quantitative estimate of drug-likeness (QED) is 0.682. The van der Waals surface area contributed by atoms with Crippen molar-refractivity contribution in [2.24, 2.45) is 0 Å². The maximum Gasteiger partial charge on any atom is 0.247 e. The topological polar surface area (TPSA) is 29.1 Å². The fraction of sp³-hybridized carbons (Fsp3) is 0.182. The van der Waals surface area contributed by atoms with Gasteiger partial charge < -0.3 is 5.32 Å². The molecule has 0 aliphatic heterocycles. The molecular formula is C11H11NO. The van der Waals surface area contributed by atoms with Crippen LogP contribution in [0.25, 0.3) is 6.08 Å². The lowest BCUT2D eigenvalue weighted by atomic mass is 10.1. The molecule has 0 spiro atoms. The smallest absolute Gasteiger partial charge is 0.247 e. The lowest BCUT2D eigenvalue weighted by Crippen LogP contribution is -2.19. The van der Waals surface area contributed by atoms with Crippen molar-refractivity contribution < 1.29 is 4.79 Å². The van der Waals surface area contributed by atoms with Crippen molar-refractivity contribution in [2.75, 3.05) is 7.05 Å². The van der Waals surface area contributed by atoms with Gasteiger partial charge in [0.05, 0.1) is 0 Å². The minimum atomic E-state index is 0.0243. The van der Waals surface area contributed by atoms with Gasteiger partial charge in [0, 0.05) is 19.0 Å². The molecule has 0 saturated heterocycles. The molecule has 13 heavy (non-hydrogen) atoms. The Morgan fingerprint density at radius 2 is 2.15 bits per heavy atom. The third-order valence-corrected chi connectivity index (χ3v) is 2.28. The van der Waals surface area contributed by atoms with Gasteiger partial charge in [-0.15, -0.1) is 0 Å². The molecule has 0 heterocycles. The van der Waals surface area contributed by atoms with E-state index in [1.54, 1.807) is 7.05 Å². The second kappa shape index (κ2) is 3.05. The van der Waals surface area contributed by atoms with Crippen LogP contribution in [-0.2, 0) is 11.2 Å². The molecule has 0 unspecified atom stereocenters. The van der Waals surface area contributed by atoms with Crippen molar-refractivity contribution in [3.8, 4) is 0 Å². The first-order chi connectivity index (χ1) is 6.31. The summed E-state index contributed by atoms with van der Waals surface area (Å²) in [5.41, 5.74) is 3.26. The van der Waals surface area contributed by atoms with Crippen LogP contribution in [0.1, 0.15) is 11.1 Å². The van der Waals surface area contributed by atoms with E-state index in [4.69, 9.17) is 0 Å². The molecule has 0 radical (unpaired) electrons. The van der Waals surface area contributed by atoms with Crippen LogP contribution < -0.4 is 5.32 Å². The molecule has 0 saturated carbocycles. The Balaban J connectivity index is 2.31. The van der Waals surface area contributed by atoms with Crippen LogP contribution in [-0.4, -0.2) is 13.0 Å². The summed E-state index contributed by atoms with van der Waals surface area (Å²) >= 11 is 0. The van der Waals surface area contributed by atoms with E-state index >= 15 is 0 Å². The Labute approximate surface area is 77.3 Å². The molecule has 2 heteroatoms. The number of fused-ring (bicyclic) bond motifs is 1. The summed E-state index contributed by atoms with van der Waals surface area (Å²) in [5, 5.41) is 2.63. The van der Waals surface area contributed by atoms with E-state index in [0.29, 0.717) is 0 Å². The average molecular weight is 173 g/mol. The number of hydrogen-bond acceptors (Lipinski definition) is 1. The standard InChI is InChI=1S/C11H11NO/c1-12-11(13)10-6-8-4-2-3-5-9(8)7-10/h2-6H,7H2,1H3,(H,12,13). The summed E-state index contributed by atoms with van der Waals surface area (Å²) < 4.78 is 0. The molecule has 1 aromatic carbocycles. The van der Waals surface area contributed by atoms with E-state index in [2.05, 4.69) is 11.4 Å². The highest BCUT2D eigenvalue weighted by Gasteiger charge is 2.16. The Kier molecular flexibility index (Phi) is 1.89. The van der Waals surface area contributed by atoms with E-state index in [-0.39, 0.29) is 5.91 Å². The second-order valence-electron chi connectivity index (χ2n) is 3.12. The lowest BCUT2D eigenvalue weighted by Gasteiger charge is -1.98. The highest BCUT2D eigenvalue weighted by Crippen LogP contribution is 2.24. The van der Waals surface area contributed by atoms with Crippen LogP contribution in [0.5, 0.6) is 0 Å². The van der Waals surface area contributed by atoms with Gasteiger partial charge in [0.2, 0.25) is 5.91 Å². The molecule has 1 aliphatic rings. The SMILES string of the molecule is CNC(=O)C1=Cc2ccccc2C1. The van der Waals surface area contributed by atoms with Crippen molar-refractivity contribution in [2.45, 2.75) is 6.42 Å². The molecule has 0 aromatic heterocycles.